The third kappa shape index (κ3) is 3.70. The van der Waals surface area contributed by atoms with E-state index in [9.17, 15) is 9.90 Å². The summed E-state index contributed by atoms with van der Waals surface area (Å²) in [6.45, 7) is -0.192. The molecule has 1 aromatic heterocycles. The fourth-order valence-corrected chi connectivity index (χ4v) is 3.49. The highest BCUT2D eigenvalue weighted by Crippen LogP contribution is 2.34. The number of aliphatic hydroxyl groups excluding tert-OH is 1. The van der Waals surface area contributed by atoms with Gasteiger partial charge >= 0.3 is 0 Å². The fourth-order valence-electron chi connectivity index (χ4n) is 3.25. The average Bonchev–Trinajstić information content (AvgIpc) is 3.23. The van der Waals surface area contributed by atoms with E-state index >= 15 is 0 Å². The summed E-state index contributed by atoms with van der Waals surface area (Å²) in [5.41, 5.74) is 1.79. The number of benzene rings is 3. The van der Waals surface area contributed by atoms with E-state index in [0.29, 0.717) is 39.1 Å². The Kier molecular flexibility index (Phi) is 5.25. The highest BCUT2D eigenvalue weighted by Gasteiger charge is 2.15. The number of fused-ring (bicyclic) bond motifs is 1. The molecule has 0 aliphatic rings. The molecule has 0 aliphatic heterocycles. The molecule has 0 radical (unpaired) electrons. The van der Waals surface area contributed by atoms with Crippen molar-refractivity contribution in [2.75, 3.05) is 12.4 Å². The molecule has 0 unspecified atom stereocenters. The minimum absolute atomic E-state index is 0.192. The number of halogens is 1. The van der Waals surface area contributed by atoms with Gasteiger partial charge in [-0.15, -0.1) is 0 Å². The maximum absolute atomic E-state index is 13.0. The van der Waals surface area contributed by atoms with Gasteiger partial charge in [-0.3, -0.25) is 4.79 Å². The standard InChI is InChI=1S/C23H18ClNO4/c1-28-21-10-8-14(12-19(21)22-11-9-15(13-26)29-22)25-23(27)18-6-2-5-17-16(18)4-3-7-20(17)24/h2-12,26H,13H2,1H3,(H,25,27). The molecule has 29 heavy (non-hydrogen) atoms. The first-order valence-corrected chi connectivity index (χ1v) is 9.35. The third-order valence-corrected chi connectivity index (χ3v) is 4.98. The van der Waals surface area contributed by atoms with Crippen LogP contribution in [0, 0.1) is 0 Å². The Morgan fingerprint density at radius 3 is 2.62 bits per heavy atom. The van der Waals surface area contributed by atoms with Crippen molar-refractivity contribution in [1.29, 1.82) is 0 Å². The number of rotatable bonds is 5. The summed E-state index contributed by atoms with van der Waals surface area (Å²) in [5.74, 6) is 1.34. The first-order chi connectivity index (χ1) is 14.1. The number of hydrogen-bond acceptors (Lipinski definition) is 4. The largest absolute Gasteiger partial charge is 0.496 e. The van der Waals surface area contributed by atoms with E-state index in [1.54, 1.807) is 49.6 Å². The third-order valence-electron chi connectivity index (χ3n) is 4.65. The molecule has 2 N–H and O–H groups in total. The van der Waals surface area contributed by atoms with E-state index in [2.05, 4.69) is 5.32 Å². The van der Waals surface area contributed by atoms with E-state index in [1.807, 2.05) is 24.3 Å². The molecule has 1 heterocycles. The summed E-state index contributed by atoms with van der Waals surface area (Å²) in [6.07, 6.45) is 0. The molecule has 0 bridgehead atoms. The molecule has 146 valence electrons. The van der Waals surface area contributed by atoms with Gasteiger partial charge in [-0.25, -0.2) is 0 Å². The number of carbonyl (C=O) groups excluding carboxylic acids is 1. The van der Waals surface area contributed by atoms with Crippen LogP contribution in [0.5, 0.6) is 5.75 Å². The number of carbonyl (C=O) groups is 1. The van der Waals surface area contributed by atoms with E-state index in [1.165, 1.54) is 0 Å². The number of hydrogen-bond donors (Lipinski definition) is 2. The Hall–Kier alpha value is -3.28. The number of methoxy groups -OCH3 is 1. The highest BCUT2D eigenvalue weighted by atomic mass is 35.5. The van der Waals surface area contributed by atoms with Crippen molar-refractivity contribution >= 4 is 34.0 Å². The van der Waals surface area contributed by atoms with E-state index < -0.39 is 0 Å². The Morgan fingerprint density at radius 1 is 1.07 bits per heavy atom. The molecule has 1 amide bonds. The monoisotopic (exact) mass is 407 g/mol. The lowest BCUT2D eigenvalue weighted by Crippen LogP contribution is -2.12. The van der Waals surface area contributed by atoms with Crippen LogP contribution in [0.3, 0.4) is 0 Å². The number of amides is 1. The normalized spacial score (nSPS) is 10.9. The highest BCUT2D eigenvalue weighted by molar-refractivity contribution is 6.36. The lowest BCUT2D eigenvalue weighted by atomic mass is 10.0. The van der Waals surface area contributed by atoms with Crippen LogP contribution in [-0.4, -0.2) is 18.1 Å². The van der Waals surface area contributed by atoms with E-state index in [0.717, 1.165) is 10.8 Å². The molecule has 3 aromatic carbocycles. The van der Waals surface area contributed by atoms with Gasteiger partial charge in [0.2, 0.25) is 0 Å². The van der Waals surface area contributed by atoms with Crippen LogP contribution in [0.2, 0.25) is 5.02 Å². The molecule has 0 aliphatic carbocycles. The maximum Gasteiger partial charge on any atom is 0.256 e. The maximum atomic E-state index is 13.0. The second-order valence-electron chi connectivity index (χ2n) is 6.43. The molecule has 0 atom stereocenters. The first kappa shape index (κ1) is 19.1. The molecule has 4 aromatic rings. The predicted octanol–water partition coefficient (Wildman–Crippen LogP) is 5.51. The smallest absolute Gasteiger partial charge is 0.256 e. The van der Waals surface area contributed by atoms with Crippen LogP contribution in [0.15, 0.2) is 71.1 Å². The predicted molar refractivity (Wildman–Crippen MR) is 114 cm³/mol. The zero-order valence-electron chi connectivity index (χ0n) is 15.6. The molecule has 5 nitrogen and oxygen atoms in total. The van der Waals surface area contributed by atoms with Gasteiger partial charge in [0.05, 0.1) is 12.7 Å². The van der Waals surface area contributed by atoms with Crippen LogP contribution in [-0.2, 0) is 6.61 Å². The van der Waals surface area contributed by atoms with Crippen molar-refractivity contribution in [2.45, 2.75) is 6.61 Å². The molecule has 0 spiro atoms. The second kappa shape index (κ2) is 7.99. The summed E-state index contributed by atoms with van der Waals surface area (Å²) >= 11 is 6.26. The number of aliphatic hydroxyl groups is 1. The van der Waals surface area contributed by atoms with Gasteiger partial charge in [-0.1, -0.05) is 35.9 Å². The fraction of sp³-hybridized carbons (Fsp3) is 0.0870. The number of furan rings is 1. The summed E-state index contributed by atoms with van der Waals surface area (Å²) in [4.78, 5) is 13.0. The van der Waals surface area contributed by atoms with Gasteiger partial charge in [-0.05, 0) is 47.9 Å². The van der Waals surface area contributed by atoms with Gasteiger partial charge in [0.15, 0.2) is 0 Å². The van der Waals surface area contributed by atoms with Crippen LogP contribution >= 0.6 is 11.6 Å². The first-order valence-electron chi connectivity index (χ1n) is 8.97. The molecule has 4 rings (SSSR count). The molecule has 6 heteroatoms. The number of ether oxygens (including phenoxy) is 1. The van der Waals surface area contributed by atoms with E-state index in [-0.39, 0.29) is 12.5 Å². The zero-order chi connectivity index (χ0) is 20.4. The van der Waals surface area contributed by atoms with Crippen LogP contribution in [0.4, 0.5) is 5.69 Å². The topological polar surface area (TPSA) is 71.7 Å². The minimum atomic E-state index is -0.246. The summed E-state index contributed by atoms with van der Waals surface area (Å²) < 4.78 is 11.0. The van der Waals surface area contributed by atoms with Crippen molar-refractivity contribution in [3.63, 3.8) is 0 Å². The quantitative estimate of drug-likeness (QED) is 0.457. The lowest BCUT2D eigenvalue weighted by molar-refractivity contribution is 0.102. The SMILES string of the molecule is COc1ccc(NC(=O)c2cccc3c(Cl)cccc23)cc1-c1ccc(CO)o1. The van der Waals surface area contributed by atoms with Gasteiger partial charge < -0.3 is 19.6 Å². The number of nitrogens with one attached hydrogen (secondary N) is 1. The van der Waals surface area contributed by atoms with Crippen LogP contribution in [0.25, 0.3) is 22.1 Å². The van der Waals surface area contributed by atoms with Crippen LogP contribution < -0.4 is 10.1 Å². The molecule has 0 saturated carbocycles. The van der Waals surface area contributed by atoms with Crippen molar-refractivity contribution in [2.24, 2.45) is 0 Å². The van der Waals surface area contributed by atoms with Gasteiger partial charge in [0.25, 0.3) is 5.91 Å². The molecular formula is C23H18ClNO4. The van der Waals surface area contributed by atoms with Crippen molar-refractivity contribution < 1.29 is 19.1 Å². The molecular weight excluding hydrogens is 390 g/mol. The molecule has 0 saturated heterocycles. The van der Waals surface area contributed by atoms with Gasteiger partial charge in [0.1, 0.15) is 23.9 Å². The number of anilines is 1. The summed E-state index contributed by atoms with van der Waals surface area (Å²) in [7, 11) is 1.56. The minimum Gasteiger partial charge on any atom is -0.496 e. The Bertz CT molecular complexity index is 1200. The Balaban J connectivity index is 1.69. The van der Waals surface area contributed by atoms with Gasteiger partial charge in [0, 0.05) is 21.7 Å². The summed E-state index contributed by atoms with van der Waals surface area (Å²) in [5, 5.41) is 14.4. The average molecular weight is 408 g/mol. The van der Waals surface area contributed by atoms with Crippen LogP contribution in [0.1, 0.15) is 16.1 Å². The van der Waals surface area contributed by atoms with Crippen molar-refractivity contribution in [3.05, 3.63) is 83.1 Å². The second-order valence-corrected chi connectivity index (χ2v) is 6.84. The lowest BCUT2D eigenvalue weighted by Gasteiger charge is -2.12. The van der Waals surface area contributed by atoms with Crippen molar-refractivity contribution in [1.82, 2.24) is 0 Å². The van der Waals surface area contributed by atoms with Crippen molar-refractivity contribution in [3.8, 4) is 17.1 Å². The van der Waals surface area contributed by atoms with Gasteiger partial charge in [-0.2, -0.15) is 0 Å². The summed E-state index contributed by atoms with van der Waals surface area (Å²) in [6, 6.07) is 19.7. The zero-order valence-corrected chi connectivity index (χ0v) is 16.4. The molecule has 0 fully saturated rings. The van der Waals surface area contributed by atoms with E-state index in [4.69, 9.17) is 20.8 Å². The Labute approximate surface area is 172 Å². The Morgan fingerprint density at radius 2 is 1.86 bits per heavy atom.